The SMILES string of the molecule is COCCn1c(=NC(=O)c2c(F)cccc2F)sc2cc(C)ccc21. The average Bonchev–Trinajstić information content (AvgIpc) is 2.88. The lowest BCUT2D eigenvalue weighted by atomic mass is 10.2. The number of nitrogens with zero attached hydrogens (tertiary/aromatic N) is 2. The number of benzene rings is 2. The number of methoxy groups -OCH3 is 1. The number of halogens is 2. The first-order valence-electron chi connectivity index (χ1n) is 7.63. The van der Waals surface area contributed by atoms with Gasteiger partial charge in [-0.25, -0.2) is 8.78 Å². The third kappa shape index (κ3) is 3.52. The fraction of sp³-hybridized carbons (Fsp3) is 0.222. The van der Waals surface area contributed by atoms with E-state index in [0.29, 0.717) is 18.0 Å². The minimum Gasteiger partial charge on any atom is -0.383 e. The van der Waals surface area contributed by atoms with Gasteiger partial charge >= 0.3 is 0 Å². The number of ether oxygens (including phenoxy) is 1. The van der Waals surface area contributed by atoms with Crippen molar-refractivity contribution < 1.29 is 18.3 Å². The van der Waals surface area contributed by atoms with Crippen LogP contribution in [0.4, 0.5) is 8.78 Å². The number of amides is 1. The van der Waals surface area contributed by atoms with Crippen molar-refractivity contribution in [3.63, 3.8) is 0 Å². The van der Waals surface area contributed by atoms with Gasteiger partial charge < -0.3 is 9.30 Å². The van der Waals surface area contributed by atoms with E-state index in [-0.39, 0.29) is 0 Å². The molecule has 130 valence electrons. The molecule has 25 heavy (non-hydrogen) atoms. The van der Waals surface area contributed by atoms with E-state index in [2.05, 4.69) is 4.99 Å². The van der Waals surface area contributed by atoms with Crippen LogP contribution in [0, 0.1) is 18.6 Å². The molecule has 0 unspecified atom stereocenters. The molecule has 0 atom stereocenters. The molecule has 0 radical (unpaired) electrons. The van der Waals surface area contributed by atoms with Crippen molar-refractivity contribution in [2.75, 3.05) is 13.7 Å². The Morgan fingerprint density at radius 1 is 1.24 bits per heavy atom. The molecule has 2 aromatic carbocycles. The van der Waals surface area contributed by atoms with Gasteiger partial charge in [-0.05, 0) is 36.8 Å². The Kier molecular flexibility index (Phi) is 5.06. The number of carbonyl (C=O) groups is 1. The topological polar surface area (TPSA) is 43.6 Å². The quantitative estimate of drug-likeness (QED) is 0.711. The van der Waals surface area contributed by atoms with Crippen molar-refractivity contribution in [2.24, 2.45) is 4.99 Å². The van der Waals surface area contributed by atoms with Crippen LogP contribution < -0.4 is 4.80 Å². The fourth-order valence-corrected chi connectivity index (χ4v) is 3.66. The Hall–Kier alpha value is -2.38. The normalized spacial score (nSPS) is 12.1. The van der Waals surface area contributed by atoms with Gasteiger partial charge in [-0.15, -0.1) is 0 Å². The van der Waals surface area contributed by atoms with E-state index < -0.39 is 23.1 Å². The molecule has 1 heterocycles. The number of hydrogen-bond acceptors (Lipinski definition) is 3. The lowest BCUT2D eigenvalue weighted by Crippen LogP contribution is -2.20. The minimum absolute atomic E-state index is 0.380. The summed E-state index contributed by atoms with van der Waals surface area (Å²) in [6.45, 7) is 2.87. The Morgan fingerprint density at radius 3 is 2.64 bits per heavy atom. The van der Waals surface area contributed by atoms with Gasteiger partial charge in [0.25, 0.3) is 5.91 Å². The van der Waals surface area contributed by atoms with Gasteiger partial charge in [0.2, 0.25) is 0 Å². The Balaban J connectivity index is 2.16. The van der Waals surface area contributed by atoms with Crippen LogP contribution in [0.2, 0.25) is 0 Å². The molecule has 4 nitrogen and oxygen atoms in total. The third-order valence-corrected chi connectivity index (χ3v) is 4.77. The standard InChI is InChI=1S/C18H16F2N2O2S/c1-11-6-7-14-15(10-11)25-18(22(14)8-9-24-2)21-17(23)16-12(19)4-3-5-13(16)20/h3-7,10H,8-9H2,1-2H3. The van der Waals surface area contributed by atoms with Crippen molar-refractivity contribution in [3.05, 3.63) is 64.0 Å². The number of hydrogen-bond donors (Lipinski definition) is 0. The largest absolute Gasteiger partial charge is 0.383 e. The van der Waals surface area contributed by atoms with Crippen LogP contribution in [0.15, 0.2) is 41.4 Å². The van der Waals surface area contributed by atoms with E-state index in [1.54, 1.807) is 7.11 Å². The maximum Gasteiger partial charge on any atom is 0.285 e. The highest BCUT2D eigenvalue weighted by molar-refractivity contribution is 7.16. The Labute approximate surface area is 147 Å². The Bertz CT molecular complexity index is 988. The molecular formula is C18H16F2N2O2S. The van der Waals surface area contributed by atoms with Crippen LogP contribution in [-0.2, 0) is 11.3 Å². The van der Waals surface area contributed by atoms with E-state index in [9.17, 15) is 13.6 Å². The summed E-state index contributed by atoms with van der Waals surface area (Å²) in [4.78, 5) is 16.7. The van der Waals surface area contributed by atoms with Gasteiger partial charge in [0, 0.05) is 13.7 Å². The molecule has 0 bridgehead atoms. The van der Waals surface area contributed by atoms with Crippen molar-refractivity contribution in [2.45, 2.75) is 13.5 Å². The molecule has 0 saturated heterocycles. The molecule has 0 N–H and O–H groups in total. The first-order valence-corrected chi connectivity index (χ1v) is 8.45. The van der Waals surface area contributed by atoms with Crippen molar-refractivity contribution in [3.8, 4) is 0 Å². The molecule has 1 aromatic heterocycles. The van der Waals surface area contributed by atoms with Crippen molar-refractivity contribution >= 4 is 27.5 Å². The molecular weight excluding hydrogens is 346 g/mol. The summed E-state index contributed by atoms with van der Waals surface area (Å²) in [5.74, 6) is -2.78. The van der Waals surface area contributed by atoms with Gasteiger partial charge in [-0.2, -0.15) is 4.99 Å². The maximum atomic E-state index is 13.8. The second kappa shape index (κ2) is 7.25. The highest BCUT2D eigenvalue weighted by atomic mass is 32.1. The number of carbonyl (C=O) groups excluding carboxylic acids is 1. The highest BCUT2D eigenvalue weighted by Gasteiger charge is 2.17. The maximum absolute atomic E-state index is 13.8. The van der Waals surface area contributed by atoms with Crippen molar-refractivity contribution in [1.82, 2.24) is 4.57 Å². The number of thiazole rings is 1. The van der Waals surface area contributed by atoms with Crippen LogP contribution >= 0.6 is 11.3 Å². The zero-order valence-corrected chi connectivity index (χ0v) is 14.6. The molecule has 7 heteroatoms. The zero-order valence-electron chi connectivity index (χ0n) is 13.8. The average molecular weight is 362 g/mol. The molecule has 0 spiro atoms. The van der Waals surface area contributed by atoms with Crippen LogP contribution in [0.25, 0.3) is 10.2 Å². The summed E-state index contributed by atoms with van der Waals surface area (Å²) in [5.41, 5.74) is 1.33. The second-order valence-corrected chi connectivity index (χ2v) is 6.52. The van der Waals surface area contributed by atoms with Crippen LogP contribution in [0.3, 0.4) is 0 Å². The highest BCUT2D eigenvalue weighted by Crippen LogP contribution is 2.19. The van der Waals surface area contributed by atoms with Crippen LogP contribution in [0.1, 0.15) is 15.9 Å². The molecule has 3 rings (SSSR count). The molecule has 3 aromatic rings. The van der Waals surface area contributed by atoms with E-state index in [1.165, 1.54) is 17.4 Å². The summed E-state index contributed by atoms with van der Waals surface area (Å²) in [7, 11) is 1.58. The monoisotopic (exact) mass is 362 g/mol. The number of aromatic nitrogens is 1. The Morgan fingerprint density at radius 2 is 1.96 bits per heavy atom. The van der Waals surface area contributed by atoms with Crippen LogP contribution in [-0.4, -0.2) is 24.2 Å². The molecule has 0 saturated carbocycles. The fourth-order valence-electron chi connectivity index (χ4n) is 2.51. The summed E-state index contributed by atoms with van der Waals surface area (Å²) < 4.78 is 35.5. The first kappa shape index (κ1) is 17.4. The molecule has 0 fully saturated rings. The number of aryl methyl sites for hydroxylation is 1. The van der Waals surface area contributed by atoms with Gasteiger partial charge in [-0.3, -0.25) is 4.79 Å². The lowest BCUT2D eigenvalue weighted by molar-refractivity contribution is 0.0989. The van der Waals surface area contributed by atoms with Gasteiger partial charge in [0.05, 0.1) is 16.8 Å². The van der Waals surface area contributed by atoms with E-state index in [4.69, 9.17) is 4.74 Å². The van der Waals surface area contributed by atoms with Crippen molar-refractivity contribution in [1.29, 1.82) is 0 Å². The molecule has 0 aliphatic heterocycles. The molecule has 0 aliphatic carbocycles. The van der Waals surface area contributed by atoms with Crippen LogP contribution in [0.5, 0.6) is 0 Å². The zero-order chi connectivity index (χ0) is 18.0. The lowest BCUT2D eigenvalue weighted by Gasteiger charge is -2.04. The summed E-state index contributed by atoms with van der Waals surface area (Å²) in [5, 5.41) is 0. The predicted octanol–water partition coefficient (Wildman–Crippen LogP) is 3.68. The van der Waals surface area contributed by atoms with Gasteiger partial charge in [0.1, 0.15) is 17.2 Å². The summed E-state index contributed by atoms with van der Waals surface area (Å²) >= 11 is 1.30. The summed E-state index contributed by atoms with van der Waals surface area (Å²) in [6.07, 6.45) is 0. The van der Waals surface area contributed by atoms with E-state index in [1.807, 2.05) is 29.7 Å². The number of rotatable bonds is 4. The molecule has 0 aliphatic rings. The third-order valence-electron chi connectivity index (χ3n) is 3.73. The number of fused-ring (bicyclic) bond motifs is 1. The van der Waals surface area contributed by atoms with E-state index in [0.717, 1.165) is 27.9 Å². The second-order valence-electron chi connectivity index (χ2n) is 5.51. The predicted molar refractivity (Wildman–Crippen MR) is 92.7 cm³/mol. The first-order chi connectivity index (χ1) is 12.0. The van der Waals surface area contributed by atoms with Gasteiger partial charge in [-0.1, -0.05) is 23.5 Å². The smallest absolute Gasteiger partial charge is 0.285 e. The minimum atomic E-state index is -0.940. The molecule has 1 amide bonds. The summed E-state index contributed by atoms with van der Waals surface area (Å²) in [6, 6.07) is 9.17. The van der Waals surface area contributed by atoms with E-state index >= 15 is 0 Å². The van der Waals surface area contributed by atoms with Gasteiger partial charge in [0.15, 0.2) is 4.80 Å².